The molecule has 5 nitrogen and oxygen atoms in total. The Balaban J connectivity index is 0.00000484. The minimum Gasteiger partial charge on any atom is -0.385 e. The van der Waals surface area contributed by atoms with Gasteiger partial charge < -0.3 is 19.7 Å². The topological polar surface area (TPSA) is 46.1 Å². The van der Waals surface area contributed by atoms with Crippen LogP contribution in [-0.2, 0) is 9.47 Å². The van der Waals surface area contributed by atoms with Crippen LogP contribution in [0.1, 0.15) is 25.7 Å². The Bertz CT molecular complexity index is 336. The molecule has 138 valence electrons. The van der Waals surface area contributed by atoms with Crippen LogP contribution in [0.3, 0.4) is 0 Å². The molecule has 1 aliphatic rings. The Morgan fingerprint density at radius 2 is 1.91 bits per heavy atom. The number of nitrogens with zero attached hydrogens (tertiary/aromatic N) is 2. The minimum atomic E-state index is -4.14. The van der Waals surface area contributed by atoms with Crippen LogP contribution in [0.4, 0.5) is 13.2 Å². The lowest BCUT2D eigenvalue weighted by atomic mass is 10.1. The van der Waals surface area contributed by atoms with Crippen LogP contribution in [0, 0.1) is 0 Å². The highest BCUT2D eigenvalue weighted by Crippen LogP contribution is 2.18. The number of hydrogen-bond acceptors (Lipinski definition) is 3. The summed E-state index contributed by atoms with van der Waals surface area (Å²) in [7, 11) is 3.25. The summed E-state index contributed by atoms with van der Waals surface area (Å²) in [6.45, 7) is 2.69. The lowest BCUT2D eigenvalue weighted by Gasteiger charge is -2.34. The molecule has 0 saturated carbocycles. The van der Waals surface area contributed by atoms with E-state index in [1.165, 1.54) is 0 Å². The molecule has 0 aromatic rings. The van der Waals surface area contributed by atoms with Gasteiger partial charge in [-0.25, -0.2) is 0 Å². The predicted octanol–water partition coefficient (Wildman–Crippen LogP) is 2.65. The molecule has 0 aromatic carbocycles. The van der Waals surface area contributed by atoms with Crippen LogP contribution in [0.2, 0.25) is 0 Å². The number of halogens is 4. The number of likely N-dealkylation sites (tertiary alicyclic amines) is 1. The van der Waals surface area contributed by atoms with E-state index in [2.05, 4.69) is 10.3 Å². The third-order valence-electron chi connectivity index (χ3n) is 3.49. The molecule has 0 aromatic heterocycles. The van der Waals surface area contributed by atoms with Crippen molar-refractivity contribution in [2.45, 2.75) is 38.0 Å². The first-order valence-electron chi connectivity index (χ1n) is 7.59. The van der Waals surface area contributed by atoms with E-state index in [0.29, 0.717) is 19.2 Å². The number of hydrogen-bond donors (Lipinski definition) is 1. The monoisotopic (exact) mass is 453 g/mol. The maximum Gasteiger partial charge on any atom is 0.390 e. The summed E-state index contributed by atoms with van der Waals surface area (Å²) in [5, 5.41) is 2.77. The number of ether oxygens (including phenoxy) is 2. The summed E-state index contributed by atoms with van der Waals surface area (Å²) in [4.78, 5) is 6.03. The molecule has 0 spiro atoms. The third kappa shape index (κ3) is 10.2. The van der Waals surface area contributed by atoms with Crippen molar-refractivity contribution in [3.63, 3.8) is 0 Å². The maximum absolute atomic E-state index is 12.2. The first kappa shape index (κ1) is 22.7. The molecule has 0 atom stereocenters. The second-order valence-electron chi connectivity index (χ2n) is 5.24. The van der Waals surface area contributed by atoms with Crippen LogP contribution < -0.4 is 5.32 Å². The van der Waals surface area contributed by atoms with Gasteiger partial charge in [-0.15, -0.1) is 24.0 Å². The first-order chi connectivity index (χ1) is 10.5. The summed E-state index contributed by atoms with van der Waals surface area (Å²) in [5.74, 6) is 0.530. The zero-order chi connectivity index (χ0) is 16.4. The molecule has 0 radical (unpaired) electrons. The molecule has 1 fully saturated rings. The Kier molecular flexibility index (Phi) is 12.0. The van der Waals surface area contributed by atoms with Crippen molar-refractivity contribution in [2.75, 3.05) is 47.0 Å². The third-order valence-corrected chi connectivity index (χ3v) is 3.49. The summed E-state index contributed by atoms with van der Waals surface area (Å²) in [6, 6.07) is 0. The predicted molar refractivity (Wildman–Crippen MR) is 94.5 cm³/mol. The fraction of sp³-hybridized carbons (Fsp3) is 0.929. The average Bonchev–Trinajstić information content (AvgIpc) is 2.48. The smallest absolute Gasteiger partial charge is 0.385 e. The SMILES string of the molecule is CN=C(NCCC(F)(F)F)N1CCC(OCCCOC)CC1.I. The molecule has 1 saturated heterocycles. The molecule has 0 bridgehead atoms. The van der Waals surface area contributed by atoms with Gasteiger partial charge >= 0.3 is 6.18 Å². The molecule has 0 unspecified atom stereocenters. The molecular weight excluding hydrogens is 426 g/mol. The van der Waals surface area contributed by atoms with Gasteiger partial charge in [0.2, 0.25) is 0 Å². The molecule has 1 rings (SSSR count). The highest BCUT2D eigenvalue weighted by Gasteiger charge is 2.27. The maximum atomic E-state index is 12.2. The van der Waals surface area contributed by atoms with Crippen molar-refractivity contribution in [3.05, 3.63) is 0 Å². The van der Waals surface area contributed by atoms with Crippen molar-refractivity contribution in [2.24, 2.45) is 4.99 Å². The van der Waals surface area contributed by atoms with Crippen molar-refractivity contribution < 1.29 is 22.6 Å². The number of guanidine groups is 1. The quantitative estimate of drug-likeness (QED) is 0.279. The van der Waals surface area contributed by atoms with Gasteiger partial charge in [-0.2, -0.15) is 13.2 Å². The molecule has 0 amide bonds. The van der Waals surface area contributed by atoms with E-state index in [1.807, 2.05) is 4.90 Å². The molecule has 23 heavy (non-hydrogen) atoms. The summed E-state index contributed by atoms with van der Waals surface area (Å²) in [5.41, 5.74) is 0. The van der Waals surface area contributed by atoms with Gasteiger partial charge in [-0.1, -0.05) is 0 Å². The summed E-state index contributed by atoms with van der Waals surface area (Å²) >= 11 is 0. The highest BCUT2D eigenvalue weighted by atomic mass is 127. The lowest BCUT2D eigenvalue weighted by molar-refractivity contribution is -0.132. The van der Waals surface area contributed by atoms with Crippen molar-refractivity contribution >= 4 is 29.9 Å². The molecule has 9 heteroatoms. The van der Waals surface area contributed by atoms with Crippen molar-refractivity contribution in [1.29, 1.82) is 0 Å². The number of alkyl halides is 3. The Labute approximate surface area is 153 Å². The first-order valence-corrected chi connectivity index (χ1v) is 7.59. The van der Waals surface area contributed by atoms with E-state index in [0.717, 1.165) is 32.4 Å². The van der Waals surface area contributed by atoms with Crippen LogP contribution in [0.25, 0.3) is 0 Å². The number of methoxy groups -OCH3 is 1. The minimum absolute atomic E-state index is 0. The Morgan fingerprint density at radius 1 is 1.26 bits per heavy atom. The van der Waals surface area contributed by atoms with E-state index in [4.69, 9.17) is 9.47 Å². The highest BCUT2D eigenvalue weighted by molar-refractivity contribution is 14.0. The van der Waals surface area contributed by atoms with Crippen molar-refractivity contribution in [1.82, 2.24) is 10.2 Å². The number of aliphatic imine (C=N–C) groups is 1. The zero-order valence-electron chi connectivity index (χ0n) is 13.7. The lowest BCUT2D eigenvalue weighted by Crippen LogP contribution is -2.47. The van der Waals surface area contributed by atoms with Gasteiger partial charge in [0.15, 0.2) is 5.96 Å². The molecular formula is C14H27F3IN3O2. The Morgan fingerprint density at radius 3 is 2.43 bits per heavy atom. The van der Waals surface area contributed by atoms with Gasteiger partial charge in [0.05, 0.1) is 12.5 Å². The standard InChI is InChI=1S/C14H26F3N3O2.HI/c1-18-13(19-7-6-14(15,16)17)20-8-4-12(5-9-20)22-11-3-10-21-2;/h12H,3-11H2,1-2H3,(H,18,19);1H. The number of piperidine rings is 1. The largest absolute Gasteiger partial charge is 0.390 e. The molecule has 1 N–H and O–H groups in total. The van der Waals surface area contributed by atoms with Crippen LogP contribution in [0.15, 0.2) is 4.99 Å². The summed E-state index contributed by atoms with van der Waals surface area (Å²) in [6.07, 6.45) is -2.21. The van der Waals surface area contributed by atoms with Gasteiger partial charge in [-0.3, -0.25) is 4.99 Å². The van der Waals surface area contributed by atoms with Gasteiger partial charge in [0.25, 0.3) is 0 Å². The van der Waals surface area contributed by atoms with Crippen molar-refractivity contribution in [3.8, 4) is 0 Å². The van der Waals surface area contributed by atoms with Crippen LogP contribution >= 0.6 is 24.0 Å². The Hall–Kier alpha value is -0.290. The van der Waals surface area contributed by atoms with E-state index in [1.54, 1.807) is 14.2 Å². The number of rotatable bonds is 7. The van der Waals surface area contributed by atoms with E-state index < -0.39 is 12.6 Å². The normalized spacial score (nSPS) is 17.1. The van der Waals surface area contributed by atoms with E-state index >= 15 is 0 Å². The second-order valence-corrected chi connectivity index (χ2v) is 5.24. The molecule has 0 aliphatic carbocycles. The molecule has 1 heterocycles. The fourth-order valence-electron chi connectivity index (χ4n) is 2.34. The molecule has 1 aliphatic heterocycles. The fourth-order valence-corrected chi connectivity index (χ4v) is 2.34. The van der Waals surface area contributed by atoms with Gasteiger partial charge in [0.1, 0.15) is 0 Å². The van der Waals surface area contributed by atoms with Gasteiger partial charge in [-0.05, 0) is 19.3 Å². The summed E-state index contributed by atoms with van der Waals surface area (Å²) < 4.78 is 47.2. The van der Waals surface area contributed by atoms with Crippen LogP contribution in [-0.4, -0.2) is 70.1 Å². The van der Waals surface area contributed by atoms with Gasteiger partial charge in [0, 0.05) is 47.0 Å². The second kappa shape index (κ2) is 12.1. The zero-order valence-corrected chi connectivity index (χ0v) is 16.0. The average molecular weight is 453 g/mol. The van der Waals surface area contributed by atoms with Crippen LogP contribution in [0.5, 0.6) is 0 Å². The number of nitrogens with one attached hydrogen (secondary N) is 1. The van der Waals surface area contributed by atoms with E-state index in [9.17, 15) is 13.2 Å². The van der Waals surface area contributed by atoms with E-state index in [-0.39, 0.29) is 36.6 Å².